The molecule has 3 saturated heterocycles. The normalized spacial score (nSPS) is 27.6. The maximum atomic E-state index is 13.7. The number of hydrogen-bond acceptors (Lipinski definition) is 4. The van der Waals surface area contributed by atoms with Gasteiger partial charge in [0.15, 0.2) is 0 Å². The summed E-state index contributed by atoms with van der Waals surface area (Å²) >= 11 is 1.80. The van der Waals surface area contributed by atoms with E-state index in [2.05, 4.69) is 64.5 Å². The molecule has 3 fully saturated rings. The minimum atomic E-state index is -0.266. The van der Waals surface area contributed by atoms with Gasteiger partial charge < -0.3 is 4.90 Å². The lowest BCUT2D eigenvalue weighted by Crippen LogP contribution is -2.49. The van der Waals surface area contributed by atoms with E-state index in [0.29, 0.717) is 17.9 Å². The summed E-state index contributed by atoms with van der Waals surface area (Å²) in [5, 5.41) is 1.08. The number of nitrogens with zero attached hydrogens (tertiary/aromatic N) is 3. The van der Waals surface area contributed by atoms with Gasteiger partial charge >= 0.3 is 0 Å². The maximum Gasteiger partial charge on any atom is 0.243 e. The van der Waals surface area contributed by atoms with Crippen molar-refractivity contribution < 1.29 is 4.79 Å². The van der Waals surface area contributed by atoms with Gasteiger partial charge in [-0.3, -0.25) is 9.69 Å². The van der Waals surface area contributed by atoms with Crippen molar-refractivity contribution in [3.8, 4) is 10.6 Å². The molecule has 0 N–H and O–H groups in total. The fraction of sp³-hybridized carbons (Fsp3) is 0.385. The first-order valence-electron chi connectivity index (χ1n) is 11.4. The van der Waals surface area contributed by atoms with Crippen molar-refractivity contribution in [2.45, 2.75) is 37.3 Å². The Bertz CT molecular complexity index is 1080. The highest BCUT2D eigenvalue weighted by atomic mass is 32.1. The highest BCUT2D eigenvalue weighted by Crippen LogP contribution is 2.56. The second-order valence-corrected chi connectivity index (χ2v) is 10.2. The van der Waals surface area contributed by atoms with Gasteiger partial charge in [0.25, 0.3) is 0 Å². The summed E-state index contributed by atoms with van der Waals surface area (Å²) in [7, 11) is 0. The van der Waals surface area contributed by atoms with Crippen molar-refractivity contribution in [3.63, 3.8) is 0 Å². The van der Waals surface area contributed by atoms with Crippen LogP contribution in [0.5, 0.6) is 0 Å². The Hall–Kier alpha value is -2.50. The first-order valence-corrected chi connectivity index (χ1v) is 12.2. The molecule has 0 bridgehead atoms. The van der Waals surface area contributed by atoms with Gasteiger partial charge in [0.1, 0.15) is 10.5 Å². The molecule has 158 valence electrons. The van der Waals surface area contributed by atoms with Gasteiger partial charge in [-0.05, 0) is 37.8 Å². The molecule has 3 atom stereocenters. The van der Waals surface area contributed by atoms with E-state index in [1.54, 1.807) is 11.3 Å². The smallest absolute Gasteiger partial charge is 0.243 e. The van der Waals surface area contributed by atoms with Gasteiger partial charge in [0.05, 0.1) is 0 Å². The van der Waals surface area contributed by atoms with Gasteiger partial charge in [0.2, 0.25) is 5.91 Å². The lowest BCUT2D eigenvalue weighted by Gasteiger charge is -2.33. The molecular weight excluding hydrogens is 402 g/mol. The summed E-state index contributed by atoms with van der Waals surface area (Å²) in [5.41, 5.74) is 2.22. The summed E-state index contributed by atoms with van der Waals surface area (Å²) in [5.74, 6) is 0.812. The van der Waals surface area contributed by atoms with Crippen molar-refractivity contribution in [3.05, 3.63) is 77.3 Å². The van der Waals surface area contributed by atoms with E-state index in [-0.39, 0.29) is 5.54 Å². The van der Waals surface area contributed by atoms with Crippen LogP contribution in [0.15, 0.2) is 66.9 Å². The Balaban J connectivity index is 1.22. The fourth-order valence-corrected chi connectivity index (χ4v) is 7.15. The first-order chi connectivity index (χ1) is 15.3. The van der Waals surface area contributed by atoms with Crippen LogP contribution >= 0.6 is 11.3 Å². The quantitative estimate of drug-likeness (QED) is 0.585. The molecule has 4 nitrogen and oxygen atoms in total. The highest BCUT2D eigenvalue weighted by molar-refractivity contribution is 7.15. The number of aromatic nitrogens is 1. The zero-order chi connectivity index (χ0) is 20.8. The number of amides is 1. The monoisotopic (exact) mass is 429 g/mol. The molecule has 2 aromatic carbocycles. The van der Waals surface area contributed by atoms with E-state index < -0.39 is 0 Å². The molecule has 3 aliphatic rings. The average molecular weight is 430 g/mol. The number of rotatable bonds is 5. The lowest BCUT2D eigenvalue weighted by atomic mass is 9.85. The summed E-state index contributed by atoms with van der Waals surface area (Å²) in [4.78, 5) is 24.4. The molecule has 31 heavy (non-hydrogen) atoms. The van der Waals surface area contributed by atoms with Crippen LogP contribution in [-0.2, 0) is 11.2 Å². The van der Waals surface area contributed by atoms with Crippen LogP contribution in [0.3, 0.4) is 0 Å². The molecule has 3 aromatic rings. The van der Waals surface area contributed by atoms with Crippen molar-refractivity contribution in [2.24, 2.45) is 5.92 Å². The Morgan fingerprint density at radius 1 is 1.06 bits per heavy atom. The number of hydrogen-bond donors (Lipinski definition) is 0. The minimum Gasteiger partial charge on any atom is -0.340 e. The number of likely N-dealkylation sites (tertiary alicyclic amines) is 1. The molecule has 1 amide bonds. The molecule has 0 radical (unpaired) electrons. The molecule has 4 heterocycles. The molecule has 1 aromatic heterocycles. The summed E-state index contributed by atoms with van der Waals surface area (Å²) in [6.45, 7) is 2.76. The van der Waals surface area contributed by atoms with Gasteiger partial charge in [-0.25, -0.2) is 4.98 Å². The van der Waals surface area contributed by atoms with Crippen molar-refractivity contribution in [1.29, 1.82) is 0 Å². The molecule has 0 aliphatic carbocycles. The van der Waals surface area contributed by atoms with Crippen molar-refractivity contribution >= 4 is 17.2 Å². The summed E-state index contributed by atoms with van der Waals surface area (Å²) in [6.07, 6.45) is 6.20. The SMILES string of the molecule is O=C1N(CCc2ccccc2)C[C@@H]2C[C@@H](c3cnc(-c4ccccc4)s3)N3CCC[C@@]123. The van der Waals surface area contributed by atoms with Crippen LogP contribution in [0.4, 0.5) is 0 Å². The van der Waals surface area contributed by atoms with Gasteiger partial charge in [0, 0.05) is 41.7 Å². The van der Waals surface area contributed by atoms with E-state index in [4.69, 9.17) is 4.98 Å². The Morgan fingerprint density at radius 3 is 2.65 bits per heavy atom. The lowest BCUT2D eigenvalue weighted by molar-refractivity contribution is -0.136. The summed E-state index contributed by atoms with van der Waals surface area (Å²) < 4.78 is 0. The fourth-order valence-electron chi connectivity index (χ4n) is 6.11. The molecule has 5 heteroatoms. The van der Waals surface area contributed by atoms with E-state index >= 15 is 0 Å². The molecule has 6 rings (SSSR count). The van der Waals surface area contributed by atoms with Crippen LogP contribution in [-0.4, -0.2) is 45.9 Å². The third-order valence-electron chi connectivity index (χ3n) is 7.51. The van der Waals surface area contributed by atoms with Gasteiger partial charge in [-0.2, -0.15) is 0 Å². The molecule has 0 unspecified atom stereocenters. The Kier molecular flexibility index (Phi) is 4.69. The van der Waals surface area contributed by atoms with Gasteiger partial charge in [-0.15, -0.1) is 11.3 Å². The third-order valence-corrected chi connectivity index (χ3v) is 8.66. The second kappa shape index (κ2) is 7.57. The van der Waals surface area contributed by atoms with Crippen LogP contribution in [0.1, 0.15) is 35.7 Å². The molecule has 1 spiro atoms. The van der Waals surface area contributed by atoms with Gasteiger partial charge in [-0.1, -0.05) is 60.7 Å². The second-order valence-electron chi connectivity index (χ2n) is 9.09. The largest absolute Gasteiger partial charge is 0.340 e. The number of carbonyl (C=O) groups excluding carboxylic acids is 1. The highest BCUT2D eigenvalue weighted by Gasteiger charge is 2.65. The maximum absolute atomic E-state index is 13.7. The zero-order valence-corrected chi connectivity index (χ0v) is 18.4. The van der Waals surface area contributed by atoms with Crippen LogP contribution in [0, 0.1) is 5.92 Å². The number of thiazole rings is 1. The van der Waals surface area contributed by atoms with Crippen molar-refractivity contribution in [1.82, 2.24) is 14.8 Å². The Labute approximate surface area is 187 Å². The average Bonchev–Trinajstić information content (AvgIpc) is 3.57. The molecule has 3 aliphatic heterocycles. The minimum absolute atomic E-state index is 0.266. The van der Waals surface area contributed by atoms with Crippen LogP contribution < -0.4 is 0 Å². The van der Waals surface area contributed by atoms with E-state index in [1.807, 2.05) is 12.1 Å². The van der Waals surface area contributed by atoms with Crippen LogP contribution in [0.25, 0.3) is 10.6 Å². The zero-order valence-electron chi connectivity index (χ0n) is 17.6. The summed E-state index contributed by atoms with van der Waals surface area (Å²) in [6, 6.07) is 21.3. The topological polar surface area (TPSA) is 36.4 Å². The number of carbonyl (C=O) groups is 1. The van der Waals surface area contributed by atoms with Crippen LogP contribution in [0.2, 0.25) is 0 Å². The Morgan fingerprint density at radius 2 is 1.84 bits per heavy atom. The number of benzene rings is 2. The molecule has 0 saturated carbocycles. The third kappa shape index (κ3) is 3.06. The standard InChI is InChI=1S/C26H27N3OS/c30-25-26-13-7-14-29(26)22(23-17-27-24(31-23)20-10-5-2-6-11-20)16-21(26)18-28(25)15-12-19-8-3-1-4-9-19/h1-6,8-11,17,21-22H,7,12-16,18H2/t21-,22-,26-/m0/s1. The molecular formula is C26H27N3OS. The predicted octanol–water partition coefficient (Wildman–Crippen LogP) is 4.79. The predicted molar refractivity (Wildman–Crippen MR) is 124 cm³/mol. The van der Waals surface area contributed by atoms with E-state index in [0.717, 1.165) is 50.3 Å². The van der Waals surface area contributed by atoms with Crippen molar-refractivity contribution in [2.75, 3.05) is 19.6 Å². The van der Waals surface area contributed by atoms with E-state index in [1.165, 1.54) is 16.0 Å². The van der Waals surface area contributed by atoms with E-state index in [9.17, 15) is 4.79 Å². The first kappa shape index (κ1) is 19.2.